The van der Waals surface area contributed by atoms with E-state index in [4.69, 9.17) is 0 Å². The molecule has 2 aromatic carbocycles. The van der Waals surface area contributed by atoms with Crippen molar-refractivity contribution in [2.45, 2.75) is 32.9 Å². The van der Waals surface area contributed by atoms with Gasteiger partial charge in [0.25, 0.3) is 0 Å². The number of benzene rings is 2. The van der Waals surface area contributed by atoms with E-state index in [9.17, 15) is 32.7 Å². The van der Waals surface area contributed by atoms with E-state index in [2.05, 4.69) is 10.3 Å². The zero-order valence-corrected chi connectivity index (χ0v) is 21.0. The lowest BCUT2D eigenvalue weighted by Gasteiger charge is -2.25. The van der Waals surface area contributed by atoms with Crippen LogP contribution in [-0.4, -0.2) is 41.5 Å². The average molecular weight is 529 g/mol. The molecule has 38 heavy (non-hydrogen) atoms. The number of hydrogen-bond acceptors (Lipinski definition) is 5. The normalized spacial score (nSPS) is 11.1. The number of hydrogen-bond donors (Lipinski definition) is 3. The van der Waals surface area contributed by atoms with Crippen molar-refractivity contribution in [2.24, 2.45) is 0 Å². The van der Waals surface area contributed by atoms with Gasteiger partial charge in [-0.25, -0.2) is 4.79 Å². The number of aromatic nitrogens is 1. The number of carboxylic acid groups (broad SMARTS) is 1. The van der Waals surface area contributed by atoms with E-state index in [1.807, 2.05) is 18.3 Å². The summed E-state index contributed by atoms with van der Waals surface area (Å²) in [4.78, 5) is 42.3. The van der Waals surface area contributed by atoms with E-state index in [1.54, 1.807) is 37.4 Å². The van der Waals surface area contributed by atoms with Gasteiger partial charge in [0.05, 0.1) is 29.0 Å². The third-order valence-electron chi connectivity index (χ3n) is 5.66. The number of nitrogens with zero attached hydrogens (tertiary/aromatic N) is 2. The molecule has 3 N–H and O–H groups in total. The molecule has 0 fully saturated rings. The quantitative estimate of drug-likeness (QED) is 0.224. The van der Waals surface area contributed by atoms with Crippen molar-refractivity contribution in [3.8, 4) is 11.1 Å². The lowest BCUT2D eigenvalue weighted by atomic mass is 10.0. The molecule has 0 saturated carbocycles. The number of aryl methyl sites for hydroxylation is 1. The van der Waals surface area contributed by atoms with Crippen LogP contribution in [0.2, 0.25) is 0 Å². The second kappa shape index (κ2) is 11.8. The Bertz CT molecular complexity index is 1360. The molecule has 0 atom stereocenters. The number of amides is 2. The number of halogens is 3. The summed E-state index contributed by atoms with van der Waals surface area (Å²) in [5.74, 6) is -1.45. The van der Waals surface area contributed by atoms with Crippen LogP contribution in [0.4, 0.5) is 35.0 Å². The highest BCUT2D eigenvalue weighted by Crippen LogP contribution is 2.41. The molecule has 3 rings (SSSR count). The summed E-state index contributed by atoms with van der Waals surface area (Å²) < 4.78 is 41.6. The largest absolute Gasteiger partial charge is 0.465 e. The highest BCUT2D eigenvalue weighted by molar-refractivity contribution is 6.12. The molecule has 0 aliphatic rings. The average Bonchev–Trinajstić information content (AvgIpc) is 2.84. The van der Waals surface area contributed by atoms with Crippen LogP contribution in [-0.2, 0) is 11.0 Å². The van der Waals surface area contributed by atoms with E-state index >= 15 is 0 Å². The van der Waals surface area contributed by atoms with Crippen molar-refractivity contribution in [1.82, 2.24) is 4.98 Å². The highest BCUT2D eigenvalue weighted by atomic mass is 19.4. The minimum atomic E-state index is -4.78. The number of alkyl halides is 3. The van der Waals surface area contributed by atoms with Crippen molar-refractivity contribution in [3.05, 3.63) is 71.5 Å². The number of rotatable bonds is 9. The zero-order chi connectivity index (χ0) is 28.0. The van der Waals surface area contributed by atoms with Crippen LogP contribution >= 0.6 is 0 Å². The van der Waals surface area contributed by atoms with E-state index in [0.29, 0.717) is 12.5 Å². The lowest BCUT2D eigenvalue weighted by Crippen LogP contribution is -2.24. The van der Waals surface area contributed by atoms with E-state index < -0.39 is 41.6 Å². The maximum Gasteiger partial charge on any atom is 0.418 e. The first-order valence-corrected chi connectivity index (χ1v) is 11.7. The third kappa shape index (κ3) is 7.09. The molecule has 11 heteroatoms. The van der Waals surface area contributed by atoms with Crippen molar-refractivity contribution >= 4 is 34.8 Å². The topological polar surface area (TPSA) is 112 Å². The van der Waals surface area contributed by atoms with Gasteiger partial charge >= 0.3 is 12.3 Å². The smallest absolute Gasteiger partial charge is 0.418 e. The van der Waals surface area contributed by atoms with Gasteiger partial charge in [-0.15, -0.1) is 0 Å². The molecule has 0 aliphatic heterocycles. The Kier molecular flexibility index (Phi) is 8.72. The van der Waals surface area contributed by atoms with Gasteiger partial charge in [-0.3, -0.25) is 19.9 Å². The maximum absolute atomic E-state index is 13.9. The van der Waals surface area contributed by atoms with Crippen LogP contribution < -0.4 is 15.5 Å². The number of pyridine rings is 1. The molecule has 3 aromatic rings. The molecule has 0 spiro atoms. The van der Waals surface area contributed by atoms with Gasteiger partial charge < -0.3 is 15.3 Å². The minimum Gasteiger partial charge on any atom is -0.465 e. The predicted octanol–water partition coefficient (Wildman–Crippen LogP) is 6.22. The van der Waals surface area contributed by atoms with Crippen molar-refractivity contribution in [3.63, 3.8) is 0 Å². The Morgan fingerprint density at radius 2 is 1.68 bits per heavy atom. The third-order valence-corrected chi connectivity index (χ3v) is 5.66. The molecule has 0 aliphatic carbocycles. The standard InChI is InChI=1S/C27H27F3N4O4/c1-4-10-34(3)23-14-22(33-26(37)38)21(13-20(23)27(28,29)30)32-25(36)15-24(35)19-7-5-6-17(12-19)18-8-9-31-16(2)11-18/h5-9,11-14,33H,4,10,15H2,1-3H3,(H,32,36)(H,37,38). The number of ketones is 1. The molecule has 2 amide bonds. The number of anilines is 3. The first-order chi connectivity index (χ1) is 17.9. The number of nitrogens with one attached hydrogen (secondary N) is 2. The lowest BCUT2D eigenvalue weighted by molar-refractivity contribution is -0.137. The second-order valence-corrected chi connectivity index (χ2v) is 8.68. The summed E-state index contributed by atoms with van der Waals surface area (Å²) in [7, 11) is 1.46. The van der Waals surface area contributed by atoms with Gasteiger partial charge in [0.2, 0.25) is 5.91 Å². The first kappa shape index (κ1) is 28.2. The van der Waals surface area contributed by atoms with Crippen LogP contribution in [0.25, 0.3) is 11.1 Å². The molecule has 1 aromatic heterocycles. The summed E-state index contributed by atoms with van der Waals surface area (Å²) in [6, 6.07) is 11.9. The summed E-state index contributed by atoms with van der Waals surface area (Å²) in [5, 5.41) is 13.5. The predicted molar refractivity (Wildman–Crippen MR) is 139 cm³/mol. The van der Waals surface area contributed by atoms with Crippen LogP contribution in [0.15, 0.2) is 54.7 Å². The Balaban J connectivity index is 1.88. The SMILES string of the molecule is CCCN(C)c1cc(NC(=O)O)c(NC(=O)CC(=O)c2cccc(-c3ccnc(C)c3)c2)cc1C(F)(F)F. The summed E-state index contributed by atoms with van der Waals surface area (Å²) in [6.07, 6.45) is -4.78. The van der Waals surface area contributed by atoms with Gasteiger partial charge in [0.15, 0.2) is 5.78 Å². The first-order valence-electron chi connectivity index (χ1n) is 11.7. The Labute approximate surface area is 217 Å². The number of carbonyl (C=O) groups excluding carboxylic acids is 2. The van der Waals surface area contributed by atoms with E-state index in [0.717, 1.165) is 22.9 Å². The van der Waals surface area contributed by atoms with Gasteiger partial charge in [0.1, 0.15) is 0 Å². The van der Waals surface area contributed by atoms with Crippen LogP contribution in [0.1, 0.15) is 41.4 Å². The van der Waals surface area contributed by atoms with Gasteiger partial charge in [-0.05, 0) is 54.8 Å². The molecule has 0 radical (unpaired) electrons. The van der Waals surface area contributed by atoms with Gasteiger partial charge in [-0.2, -0.15) is 13.2 Å². The van der Waals surface area contributed by atoms with E-state index in [-0.39, 0.29) is 23.5 Å². The maximum atomic E-state index is 13.9. The molecule has 200 valence electrons. The van der Waals surface area contributed by atoms with Crippen LogP contribution in [0, 0.1) is 6.92 Å². The minimum absolute atomic E-state index is 0.239. The Morgan fingerprint density at radius 3 is 2.32 bits per heavy atom. The fourth-order valence-corrected chi connectivity index (χ4v) is 3.95. The Morgan fingerprint density at radius 1 is 1.00 bits per heavy atom. The van der Waals surface area contributed by atoms with Crippen molar-refractivity contribution in [2.75, 3.05) is 29.1 Å². The van der Waals surface area contributed by atoms with Crippen LogP contribution in [0.3, 0.4) is 0 Å². The van der Waals surface area contributed by atoms with Gasteiger partial charge in [0, 0.05) is 31.0 Å². The van der Waals surface area contributed by atoms with E-state index in [1.165, 1.54) is 18.0 Å². The summed E-state index contributed by atoms with van der Waals surface area (Å²) >= 11 is 0. The Hall–Kier alpha value is -4.41. The molecular formula is C27H27F3N4O4. The second-order valence-electron chi connectivity index (χ2n) is 8.68. The number of carbonyl (C=O) groups is 3. The molecule has 0 bridgehead atoms. The summed E-state index contributed by atoms with van der Waals surface area (Å²) in [6.45, 7) is 3.91. The van der Waals surface area contributed by atoms with Gasteiger partial charge in [-0.1, -0.05) is 25.1 Å². The monoisotopic (exact) mass is 528 g/mol. The zero-order valence-electron chi connectivity index (χ0n) is 21.0. The molecule has 0 unspecified atom stereocenters. The molecule has 0 saturated heterocycles. The fourth-order valence-electron chi connectivity index (χ4n) is 3.95. The highest BCUT2D eigenvalue weighted by Gasteiger charge is 2.36. The molecular weight excluding hydrogens is 501 g/mol. The van der Waals surface area contributed by atoms with Crippen molar-refractivity contribution in [1.29, 1.82) is 0 Å². The summed E-state index contributed by atoms with van der Waals surface area (Å²) in [5.41, 5.74) is 0.626. The molecule has 1 heterocycles. The van der Waals surface area contributed by atoms with Crippen molar-refractivity contribution < 1.29 is 32.7 Å². The fraction of sp³-hybridized carbons (Fsp3) is 0.259. The molecule has 8 nitrogen and oxygen atoms in total. The number of Topliss-reactive ketones (excluding diaryl/α,β-unsaturated/α-hetero) is 1. The van der Waals surface area contributed by atoms with Crippen LogP contribution in [0.5, 0.6) is 0 Å².